The fourth-order valence-electron chi connectivity index (χ4n) is 1.37. The van der Waals surface area contributed by atoms with Gasteiger partial charge in [-0.1, -0.05) is 13.8 Å². The average molecular weight is 187 g/mol. The van der Waals surface area contributed by atoms with Crippen molar-refractivity contribution < 1.29 is 9.90 Å². The Morgan fingerprint density at radius 1 is 1.31 bits per heavy atom. The van der Waals surface area contributed by atoms with Crippen LogP contribution in [0.5, 0.6) is 0 Å². The van der Waals surface area contributed by atoms with Crippen LogP contribution in [0.1, 0.15) is 47.0 Å². The molecule has 3 nitrogen and oxygen atoms in total. The fraction of sp³-hybridized carbons (Fsp3) is 0.900. The molecule has 0 saturated heterocycles. The van der Waals surface area contributed by atoms with Gasteiger partial charge < -0.3 is 10.8 Å². The summed E-state index contributed by atoms with van der Waals surface area (Å²) in [4.78, 5) is 11.0. The molecule has 0 aromatic rings. The number of carbonyl (C=O) groups is 1. The smallest absolute Gasteiger partial charge is 0.309 e. The lowest BCUT2D eigenvalue weighted by molar-refractivity contribution is -0.149. The molecule has 0 rings (SSSR count). The van der Waals surface area contributed by atoms with E-state index in [0.717, 1.165) is 6.42 Å². The first-order chi connectivity index (χ1) is 5.77. The SMILES string of the molecule is CCC(C)(N)C[C@](C)(CC)C(=O)O. The van der Waals surface area contributed by atoms with Crippen LogP contribution in [0, 0.1) is 5.41 Å². The predicted molar refractivity (Wildman–Crippen MR) is 53.5 cm³/mol. The van der Waals surface area contributed by atoms with Gasteiger partial charge in [-0.2, -0.15) is 0 Å². The molecule has 0 aliphatic carbocycles. The zero-order chi connectivity index (χ0) is 10.7. The van der Waals surface area contributed by atoms with Crippen LogP contribution in [0.2, 0.25) is 0 Å². The van der Waals surface area contributed by atoms with Crippen molar-refractivity contribution in [3.05, 3.63) is 0 Å². The summed E-state index contributed by atoms with van der Waals surface area (Å²) in [5, 5.41) is 9.04. The molecule has 0 amide bonds. The van der Waals surface area contributed by atoms with Crippen molar-refractivity contribution in [3.63, 3.8) is 0 Å². The largest absolute Gasteiger partial charge is 0.481 e. The Morgan fingerprint density at radius 2 is 1.77 bits per heavy atom. The van der Waals surface area contributed by atoms with E-state index in [0.29, 0.717) is 12.8 Å². The number of nitrogens with two attached hydrogens (primary N) is 1. The minimum absolute atomic E-state index is 0.372. The van der Waals surface area contributed by atoms with Crippen LogP contribution in [0.15, 0.2) is 0 Å². The first kappa shape index (κ1) is 12.4. The average Bonchev–Trinajstić information content (AvgIpc) is 2.03. The number of hydrogen-bond acceptors (Lipinski definition) is 2. The topological polar surface area (TPSA) is 63.3 Å². The highest BCUT2D eigenvalue weighted by Gasteiger charge is 2.36. The number of carboxylic acid groups (broad SMARTS) is 1. The van der Waals surface area contributed by atoms with Crippen molar-refractivity contribution in [2.45, 2.75) is 52.5 Å². The Kier molecular flexibility index (Phi) is 3.91. The molecule has 0 aliphatic heterocycles. The maximum Gasteiger partial charge on any atom is 0.309 e. The van der Waals surface area contributed by atoms with E-state index in [1.165, 1.54) is 0 Å². The summed E-state index contributed by atoms with van der Waals surface area (Å²) < 4.78 is 0. The fourth-order valence-corrected chi connectivity index (χ4v) is 1.37. The van der Waals surface area contributed by atoms with Crippen LogP contribution in [-0.4, -0.2) is 16.6 Å². The molecule has 0 heterocycles. The molecule has 0 spiro atoms. The molecular formula is C10H21NO2. The third kappa shape index (κ3) is 3.35. The minimum atomic E-state index is -0.750. The highest BCUT2D eigenvalue weighted by Crippen LogP contribution is 2.32. The maximum absolute atomic E-state index is 11.0. The molecule has 3 heteroatoms. The van der Waals surface area contributed by atoms with Crippen molar-refractivity contribution in [2.24, 2.45) is 11.1 Å². The predicted octanol–water partition coefficient (Wildman–Crippen LogP) is 2.00. The van der Waals surface area contributed by atoms with Crippen molar-refractivity contribution in [2.75, 3.05) is 0 Å². The van der Waals surface area contributed by atoms with Crippen molar-refractivity contribution in [1.82, 2.24) is 0 Å². The zero-order valence-corrected chi connectivity index (χ0v) is 9.05. The van der Waals surface area contributed by atoms with Crippen molar-refractivity contribution >= 4 is 5.97 Å². The Bertz CT molecular complexity index is 189. The highest BCUT2D eigenvalue weighted by atomic mass is 16.4. The molecule has 0 aliphatic rings. The van der Waals surface area contributed by atoms with E-state index >= 15 is 0 Å². The third-order valence-electron chi connectivity index (χ3n) is 2.90. The number of hydrogen-bond donors (Lipinski definition) is 2. The van der Waals surface area contributed by atoms with Crippen molar-refractivity contribution in [1.29, 1.82) is 0 Å². The van der Waals surface area contributed by atoms with E-state index in [4.69, 9.17) is 10.8 Å². The summed E-state index contributed by atoms with van der Waals surface area (Å²) >= 11 is 0. The van der Waals surface area contributed by atoms with Gasteiger partial charge in [0.25, 0.3) is 0 Å². The number of rotatable bonds is 5. The Labute approximate surface area is 80.3 Å². The second kappa shape index (κ2) is 4.09. The second-order valence-electron chi connectivity index (χ2n) is 4.40. The normalized spacial score (nSPS) is 20.4. The quantitative estimate of drug-likeness (QED) is 0.692. The van der Waals surface area contributed by atoms with E-state index in [1.807, 2.05) is 20.8 Å². The van der Waals surface area contributed by atoms with E-state index in [1.54, 1.807) is 6.92 Å². The van der Waals surface area contributed by atoms with Crippen LogP contribution < -0.4 is 5.73 Å². The lowest BCUT2D eigenvalue weighted by atomic mass is 9.75. The van der Waals surface area contributed by atoms with Gasteiger partial charge in [0.2, 0.25) is 0 Å². The molecule has 0 aromatic heterocycles. The zero-order valence-electron chi connectivity index (χ0n) is 9.05. The van der Waals surface area contributed by atoms with E-state index in [2.05, 4.69) is 0 Å². The minimum Gasteiger partial charge on any atom is -0.481 e. The summed E-state index contributed by atoms with van der Waals surface area (Å²) in [7, 11) is 0. The van der Waals surface area contributed by atoms with Gasteiger partial charge in [0.05, 0.1) is 5.41 Å². The molecule has 78 valence electrons. The van der Waals surface area contributed by atoms with Gasteiger partial charge in [-0.3, -0.25) is 4.79 Å². The van der Waals surface area contributed by atoms with Gasteiger partial charge in [-0.05, 0) is 33.1 Å². The van der Waals surface area contributed by atoms with Gasteiger partial charge in [-0.25, -0.2) is 0 Å². The molecule has 1 unspecified atom stereocenters. The summed E-state index contributed by atoms with van der Waals surface area (Å²) in [6, 6.07) is 0. The van der Waals surface area contributed by atoms with E-state index in [9.17, 15) is 4.79 Å². The Hall–Kier alpha value is -0.570. The summed E-state index contributed by atoms with van der Waals surface area (Å²) in [5.74, 6) is -0.750. The van der Waals surface area contributed by atoms with Crippen LogP contribution in [-0.2, 0) is 4.79 Å². The molecule has 0 aromatic carbocycles. The van der Waals surface area contributed by atoms with Gasteiger partial charge in [0, 0.05) is 5.54 Å². The van der Waals surface area contributed by atoms with Gasteiger partial charge >= 0.3 is 5.97 Å². The molecule has 3 N–H and O–H groups in total. The molecule has 0 saturated carbocycles. The monoisotopic (exact) mass is 187 g/mol. The molecule has 2 atom stereocenters. The number of aliphatic carboxylic acids is 1. The molecular weight excluding hydrogens is 166 g/mol. The van der Waals surface area contributed by atoms with Gasteiger partial charge in [-0.15, -0.1) is 0 Å². The summed E-state index contributed by atoms with van der Waals surface area (Å²) in [5.41, 5.74) is 4.90. The van der Waals surface area contributed by atoms with Crippen LogP contribution in [0.3, 0.4) is 0 Å². The van der Waals surface area contributed by atoms with Crippen LogP contribution in [0.25, 0.3) is 0 Å². The first-order valence-corrected chi connectivity index (χ1v) is 4.79. The molecule has 13 heavy (non-hydrogen) atoms. The summed E-state index contributed by atoms with van der Waals surface area (Å²) in [6.45, 7) is 7.54. The Morgan fingerprint density at radius 3 is 2.00 bits per heavy atom. The van der Waals surface area contributed by atoms with E-state index < -0.39 is 11.4 Å². The van der Waals surface area contributed by atoms with Gasteiger partial charge in [0.1, 0.15) is 0 Å². The molecule has 0 bridgehead atoms. The summed E-state index contributed by atoms with van der Waals surface area (Å²) in [6.07, 6.45) is 1.95. The standard InChI is InChI=1S/C10H21NO2/c1-5-9(3,8(12)13)7-10(4,11)6-2/h5-7,11H2,1-4H3,(H,12,13)/t9-,10?/m0/s1. The molecule has 0 radical (unpaired) electrons. The van der Waals surface area contributed by atoms with Crippen LogP contribution in [0.4, 0.5) is 0 Å². The van der Waals surface area contributed by atoms with E-state index in [-0.39, 0.29) is 5.54 Å². The first-order valence-electron chi connectivity index (χ1n) is 4.79. The van der Waals surface area contributed by atoms with Gasteiger partial charge in [0.15, 0.2) is 0 Å². The molecule has 0 fully saturated rings. The highest BCUT2D eigenvalue weighted by molar-refractivity contribution is 5.74. The lowest BCUT2D eigenvalue weighted by Gasteiger charge is -2.33. The Balaban J connectivity index is 4.54. The van der Waals surface area contributed by atoms with Crippen LogP contribution >= 0.6 is 0 Å². The lowest BCUT2D eigenvalue weighted by Crippen LogP contribution is -2.43. The third-order valence-corrected chi connectivity index (χ3v) is 2.90. The van der Waals surface area contributed by atoms with Crippen molar-refractivity contribution in [3.8, 4) is 0 Å². The maximum atomic E-state index is 11.0. The second-order valence-corrected chi connectivity index (χ2v) is 4.40. The number of carboxylic acids is 1.